The first-order valence-electron chi connectivity index (χ1n) is 8.31. The lowest BCUT2D eigenvalue weighted by Gasteiger charge is -2.32. The minimum atomic E-state index is -0.739. The first-order chi connectivity index (χ1) is 10.1. The van der Waals surface area contributed by atoms with Crippen molar-refractivity contribution in [3.63, 3.8) is 0 Å². The fraction of sp³-hybridized carbons (Fsp3) is 0.875. The third kappa shape index (κ3) is 6.82. The van der Waals surface area contributed by atoms with E-state index in [9.17, 15) is 9.59 Å². The van der Waals surface area contributed by atoms with Gasteiger partial charge in [0.25, 0.3) is 0 Å². The van der Waals surface area contributed by atoms with Crippen molar-refractivity contribution in [1.82, 2.24) is 10.2 Å². The summed E-state index contributed by atoms with van der Waals surface area (Å²) < 4.78 is 0. The summed E-state index contributed by atoms with van der Waals surface area (Å²) in [5.41, 5.74) is 0. The highest BCUT2D eigenvalue weighted by Gasteiger charge is 2.22. The van der Waals surface area contributed by atoms with Crippen LogP contribution in [0.5, 0.6) is 0 Å². The van der Waals surface area contributed by atoms with Gasteiger partial charge in [-0.15, -0.1) is 0 Å². The molecule has 122 valence electrons. The second-order valence-corrected chi connectivity index (χ2v) is 6.09. The van der Waals surface area contributed by atoms with Gasteiger partial charge < -0.3 is 15.3 Å². The van der Waals surface area contributed by atoms with Crippen LogP contribution in [0.1, 0.15) is 58.8 Å². The van der Waals surface area contributed by atoms with Crippen LogP contribution in [0.4, 0.5) is 4.79 Å². The third-order valence-corrected chi connectivity index (χ3v) is 4.56. The molecule has 5 nitrogen and oxygen atoms in total. The van der Waals surface area contributed by atoms with Gasteiger partial charge in [-0.25, -0.2) is 4.79 Å². The van der Waals surface area contributed by atoms with Gasteiger partial charge in [-0.1, -0.05) is 26.7 Å². The lowest BCUT2D eigenvalue weighted by atomic mass is 9.96. The van der Waals surface area contributed by atoms with E-state index < -0.39 is 5.97 Å². The van der Waals surface area contributed by atoms with Crippen molar-refractivity contribution in [2.24, 2.45) is 11.8 Å². The van der Waals surface area contributed by atoms with Gasteiger partial charge in [-0.2, -0.15) is 0 Å². The Morgan fingerprint density at radius 3 is 2.71 bits per heavy atom. The number of nitrogens with one attached hydrogen (secondary N) is 1. The van der Waals surface area contributed by atoms with Crippen molar-refractivity contribution in [2.75, 3.05) is 19.6 Å². The topological polar surface area (TPSA) is 69.6 Å². The van der Waals surface area contributed by atoms with Crippen LogP contribution in [0.15, 0.2) is 0 Å². The van der Waals surface area contributed by atoms with Gasteiger partial charge in [0.2, 0.25) is 0 Å². The number of aliphatic carboxylic acids is 1. The monoisotopic (exact) mass is 298 g/mol. The van der Waals surface area contributed by atoms with Gasteiger partial charge in [0, 0.05) is 26.1 Å². The van der Waals surface area contributed by atoms with Gasteiger partial charge >= 0.3 is 12.0 Å². The van der Waals surface area contributed by atoms with Gasteiger partial charge in [0.05, 0.1) is 0 Å². The molecule has 0 aromatic carbocycles. The molecule has 2 amide bonds. The number of amides is 2. The average molecular weight is 298 g/mol. The number of nitrogens with zero attached hydrogens (tertiary/aromatic N) is 1. The smallest absolute Gasteiger partial charge is 0.317 e. The van der Waals surface area contributed by atoms with E-state index in [0.29, 0.717) is 24.8 Å². The van der Waals surface area contributed by atoms with E-state index in [2.05, 4.69) is 19.2 Å². The summed E-state index contributed by atoms with van der Waals surface area (Å²) in [7, 11) is 0. The Kier molecular flexibility index (Phi) is 8.16. The zero-order valence-corrected chi connectivity index (χ0v) is 13.4. The summed E-state index contributed by atoms with van der Waals surface area (Å²) in [6, 6.07) is 0.0428. The van der Waals surface area contributed by atoms with Crippen LogP contribution in [0, 0.1) is 11.8 Å². The number of carboxylic acid groups (broad SMARTS) is 1. The molecule has 1 saturated heterocycles. The predicted molar refractivity (Wildman–Crippen MR) is 83.3 cm³/mol. The Morgan fingerprint density at radius 2 is 2.10 bits per heavy atom. The Morgan fingerprint density at radius 1 is 1.33 bits per heavy atom. The molecule has 0 aliphatic carbocycles. The van der Waals surface area contributed by atoms with E-state index >= 15 is 0 Å². The van der Waals surface area contributed by atoms with E-state index in [1.165, 1.54) is 6.42 Å². The average Bonchev–Trinajstić information content (AvgIpc) is 2.50. The van der Waals surface area contributed by atoms with Crippen molar-refractivity contribution in [1.29, 1.82) is 0 Å². The Bertz CT molecular complexity index is 333. The SMILES string of the molecule is CCC(CCNC(=O)N1CCCC(CC)C1)CCC(=O)O. The highest BCUT2D eigenvalue weighted by atomic mass is 16.4. The predicted octanol–water partition coefficient (Wildman–Crippen LogP) is 3.10. The van der Waals surface area contributed by atoms with Crippen molar-refractivity contribution < 1.29 is 14.7 Å². The minimum Gasteiger partial charge on any atom is -0.481 e. The van der Waals surface area contributed by atoms with Gasteiger partial charge in [-0.05, 0) is 37.5 Å². The second kappa shape index (κ2) is 9.64. The second-order valence-electron chi connectivity index (χ2n) is 6.09. The van der Waals surface area contributed by atoms with Gasteiger partial charge in [0.15, 0.2) is 0 Å². The summed E-state index contributed by atoms with van der Waals surface area (Å²) >= 11 is 0. The fourth-order valence-electron chi connectivity index (χ4n) is 2.96. The minimum absolute atomic E-state index is 0.0428. The maximum absolute atomic E-state index is 12.1. The molecular weight excluding hydrogens is 268 g/mol. The van der Waals surface area contributed by atoms with Crippen molar-refractivity contribution >= 4 is 12.0 Å². The standard InChI is InChI=1S/C16H30N2O3/c1-3-13(7-8-15(19)20)9-10-17-16(21)18-11-5-6-14(4-2)12-18/h13-14H,3-12H2,1-2H3,(H,17,21)(H,19,20). The molecule has 0 spiro atoms. The molecule has 1 fully saturated rings. The fourth-order valence-corrected chi connectivity index (χ4v) is 2.96. The normalized spacial score (nSPS) is 20.1. The molecule has 1 aliphatic heterocycles. The largest absolute Gasteiger partial charge is 0.481 e. The molecule has 5 heteroatoms. The summed E-state index contributed by atoms with van der Waals surface area (Å²) in [6.45, 7) is 6.63. The summed E-state index contributed by atoms with van der Waals surface area (Å²) in [5, 5.41) is 11.7. The van der Waals surface area contributed by atoms with Crippen molar-refractivity contribution in [2.45, 2.75) is 58.8 Å². The number of likely N-dealkylation sites (tertiary alicyclic amines) is 1. The zero-order valence-electron chi connectivity index (χ0n) is 13.4. The van der Waals surface area contributed by atoms with Crippen LogP contribution >= 0.6 is 0 Å². The molecule has 0 saturated carbocycles. The summed E-state index contributed by atoms with van der Waals surface area (Å²) in [5.74, 6) is 0.283. The first-order valence-corrected chi connectivity index (χ1v) is 8.31. The molecular formula is C16H30N2O3. The van der Waals surface area contributed by atoms with Crippen LogP contribution in [0.25, 0.3) is 0 Å². The van der Waals surface area contributed by atoms with Crippen LogP contribution in [-0.2, 0) is 4.79 Å². The lowest BCUT2D eigenvalue weighted by Crippen LogP contribution is -2.45. The molecule has 2 atom stereocenters. The zero-order chi connectivity index (χ0) is 15.7. The molecule has 0 bridgehead atoms. The molecule has 2 unspecified atom stereocenters. The molecule has 0 radical (unpaired) electrons. The quantitative estimate of drug-likeness (QED) is 0.723. The number of urea groups is 1. The number of piperidine rings is 1. The number of hydrogen-bond acceptors (Lipinski definition) is 2. The van der Waals surface area contributed by atoms with Crippen LogP contribution < -0.4 is 5.32 Å². The molecule has 1 heterocycles. The Balaban J connectivity index is 2.23. The van der Waals surface area contributed by atoms with E-state index in [0.717, 1.165) is 38.8 Å². The Labute approximate surface area is 128 Å². The van der Waals surface area contributed by atoms with Gasteiger partial charge in [-0.3, -0.25) is 4.79 Å². The number of carboxylic acids is 1. The number of carbonyl (C=O) groups excluding carboxylic acids is 1. The van der Waals surface area contributed by atoms with E-state index in [4.69, 9.17) is 5.11 Å². The van der Waals surface area contributed by atoms with Crippen LogP contribution in [0.3, 0.4) is 0 Å². The van der Waals surface area contributed by atoms with E-state index in [1.807, 2.05) is 4.90 Å². The van der Waals surface area contributed by atoms with Crippen molar-refractivity contribution in [3.05, 3.63) is 0 Å². The third-order valence-electron chi connectivity index (χ3n) is 4.56. The van der Waals surface area contributed by atoms with Crippen LogP contribution in [0.2, 0.25) is 0 Å². The molecule has 0 aromatic heterocycles. The van der Waals surface area contributed by atoms with Crippen LogP contribution in [-0.4, -0.2) is 41.6 Å². The summed E-state index contributed by atoms with van der Waals surface area (Å²) in [6.07, 6.45) is 6.21. The number of carbonyl (C=O) groups is 2. The molecule has 0 aromatic rings. The maximum atomic E-state index is 12.1. The molecule has 2 N–H and O–H groups in total. The number of rotatable bonds is 8. The highest BCUT2D eigenvalue weighted by molar-refractivity contribution is 5.74. The first kappa shape index (κ1) is 17.8. The maximum Gasteiger partial charge on any atom is 0.317 e. The highest BCUT2D eigenvalue weighted by Crippen LogP contribution is 2.19. The molecule has 21 heavy (non-hydrogen) atoms. The van der Waals surface area contributed by atoms with Crippen molar-refractivity contribution in [3.8, 4) is 0 Å². The summed E-state index contributed by atoms with van der Waals surface area (Å²) in [4.78, 5) is 24.6. The Hall–Kier alpha value is -1.26. The van der Waals surface area contributed by atoms with E-state index in [-0.39, 0.29) is 12.5 Å². The molecule has 1 aliphatic rings. The number of hydrogen-bond donors (Lipinski definition) is 2. The van der Waals surface area contributed by atoms with Gasteiger partial charge in [0.1, 0.15) is 0 Å². The molecule has 1 rings (SSSR count). The lowest BCUT2D eigenvalue weighted by molar-refractivity contribution is -0.137. The van der Waals surface area contributed by atoms with E-state index in [1.54, 1.807) is 0 Å².